The second-order valence-corrected chi connectivity index (χ2v) is 4.56. The van der Waals surface area contributed by atoms with E-state index in [9.17, 15) is 0 Å². The summed E-state index contributed by atoms with van der Waals surface area (Å²) in [6.45, 7) is 8.87. The molecule has 0 radical (unpaired) electrons. The van der Waals surface area contributed by atoms with Gasteiger partial charge in [0.1, 0.15) is 0 Å². The van der Waals surface area contributed by atoms with E-state index in [4.69, 9.17) is 0 Å². The van der Waals surface area contributed by atoms with Gasteiger partial charge in [-0.05, 0) is 37.7 Å². The summed E-state index contributed by atoms with van der Waals surface area (Å²) in [6, 6.07) is 8.83. The SMILES string of the molecule is CC=CC(C)C(C)Cc1cccc(C)c1. The summed E-state index contributed by atoms with van der Waals surface area (Å²) >= 11 is 0. The molecule has 1 aromatic rings. The minimum atomic E-state index is 0.663. The Labute approximate surface area is 94.0 Å². The van der Waals surface area contributed by atoms with Crippen molar-refractivity contribution in [1.29, 1.82) is 0 Å². The molecule has 0 heterocycles. The molecule has 0 saturated heterocycles. The topological polar surface area (TPSA) is 0 Å². The lowest BCUT2D eigenvalue weighted by Gasteiger charge is -2.16. The summed E-state index contributed by atoms with van der Waals surface area (Å²) < 4.78 is 0. The van der Waals surface area contributed by atoms with Crippen LogP contribution in [0.15, 0.2) is 36.4 Å². The Morgan fingerprint density at radius 3 is 2.60 bits per heavy atom. The van der Waals surface area contributed by atoms with Crippen LogP contribution in [-0.4, -0.2) is 0 Å². The third-order valence-electron chi connectivity index (χ3n) is 3.03. The molecule has 1 rings (SSSR count). The molecule has 15 heavy (non-hydrogen) atoms. The highest BCUT2D eigenvalue weighted by Crippen LogP contribution is 2.18. The minimum absolute atomic E-state index is 0.663. The molecule has 0 saturated carbocycles. The Bertz CT molecular complexity index is 323. The first-order valence-corrected chi connectivity index (χ1v) is 5.82. The molecule has 0 N–H and O–H groups in total. The third-order valence-corrected chi connectivity index (χ3v) is 3.03. The van der Waals surface area contributed by atoms with Crippen LogP contribution in [0.2, 0.25) is 0 Å². The van der Waals surface area contributed by atoms with E-state index in [-0.39, 0.29) is 0 Å². The van der Waals surface area contributed by atoms with Crippen molar-refractivity contribution in [2.75, 3.05) is 0 Å². The van der Waals surface area contributed by atoms with Crippen LogP contribution in [0.5, 0.6) is 0 Å². The fourth-order valence-corrected chi connectivity index (χ4v) is 1.89. The van der Waals surface area contributed by atoms with Crippen LogP contribution in [0.1, 0.15) is 31.9 Å². The molecular weight excluding hydrogens is 180 g/mol. The standard InChI is InChI=1S/C15H22/c1-5-7-13(3)14(4)11-15-9-6-8-12(2)10-15/h5-10,13-14H,11H2,1-4H3. The number of aryl methyl sites for hydroxylation is 1. The molecule has 0 aromatic heterocycles. The molecule has 0 aliphatic heterocycles. The number of allylic oxidation sites excluding steroid dienone is 2. The predicted molar refractivity (Wildman–Crippen MR) is 68.0 cm³/mol. The number of hydrogen-bond donors (Lipinski definition) is 0. The average Bonchev–Trinajstić information content (AvgIpc) is 2.18. The third kappa shape index (κ3) is 3.91. The summed E-state index contributed by atoms with van der Waals surface area (Å²) in [4.78, 5) is 0. The second kappa shape index (κ2) is 5.75. The maximum absolute atomic E-state index is 2.33. The largest absolute Gasteiger partial charge is 0.0914 e. The Hall–Kier alpha value is -1.04. The second-order valence-electron chi connectivity index (χ2n) is 4.56. The molecule has 2 atom stereocenters. The molecule has 2 unspecified atom stereocenters. The van der Waals surface area contributed by atoms with Gasteiger partial charge < -0.3 is 0 Å². The lowest BCUT2D eigenvalue weighted by atomic mass is 9.89. The Morgan fingerprint density at radius 1 is 1.27 bits per heavy atom. The van der Waals surface area contributed by atoms with Crippen molar-refractivity contribution in [3.8, 4) is 0 Å². The highest BCUT2D eigenvalue weighted by molar-refractivity contribution is 5.22. The Morgan fingerprint density at radius 2 is 2.00 bits per heavy atom. The van der Waals surface area contributed by atoms with Crippen LogP contribution < -0.4 is 0 Å². The lowest BCUT2D eigenvalue weighted by molar-refractivity contribution is 0.457. The molecule has 0 heteroatoms. The Balaban J connectivity index is 2.61. The fourth-order valence-electron chi connectivity index (χ4n) is 1.89. The highest BCUT2D eigenvalue weighted by Gasteiger charge is 2.09. The fraction of sp³-hybridized carbons (Fsp3) is 0.467. The van der Waals surface area contributed by atoms with Gasteiger partial charge in [0.05, 0.1) is 0 Å². The molecule has 0 amide bonds. The smallest absolute Gasteiger partial charge is 0.0233 e. The number of benzene rings is 1. The van der Waals surface area contributed by atoms with Gasteiger partial charge in [0.25, 0.3) is 0 Å². The van der Waals surface area contributed by atoms with E-state index < -0.39 is 0 Å². The maximum Gasteiger partial charge on any atom is -0.0233 e. The van der Waals surface area contributed by atoms with Gasteiger partial charge in [0.2, 0.25) is 0 Å². The molecule has 0 fully saturated rings. The molecule has 0 spiro atoms. The minimum Gasteiger partial charge on any atom is -0.0914 e. The van der Waals surface area contributed by atoms with Crippen molar-refractivity contribution in [3.63, 3.8) is 0 Å². The van der Waals surface area contributed by atoms with Gasteiger partial charge in [-0.1, -0.05) is 55.8 Å². The van der Waals surface area contributed by atoms with Crippen LogP contribution in [0.4, 0.5) is 0 Å². The molecule has 0 aliphatic rings. The van der Waals surface area contributed by atoms with E-state index in [0.29, 0.717) is 11.8 Å². The van der Waals surface area contributed by atoms with Crippen molar-refractivity contribution < 1.29 is 0 Å². The van der Waals surface area contributed by atoms with E-state index in [1.54, 1.807) is 0 Å². The van der Waals surface area contributed by atoms with Crippen molar-refractivity contribution in [3.05, 3.63) is 47.5 Å². The average molecular weight is 202 g/mol. The first-order chi connectivity index (χ1) is 7.13. The van der Waals surface area contributed by atoms with E-state index in [0.717, 1.165) is 0 Å². The molecule has 0 nitrogen and oxygen atoms in total. The van der Waals surface area contributed by atoms with Crippen molar-refractivity contribution in [1.82, 2.24) is 0 Å². The first kappa shape index (κ1) is 12.0. The van der Waals surface area contributed by atoms with E-state index in [2.05, 4.69) is 64.1 Å². The molecule has 0 aliphatic carbocycles. The summed E-state index contributed by atoms with van der Waals surface area (Å²) in [6.07, 6.45) is 5.62. The molecule has 1 aromatic carbocycles. The summed E-state index contributed by atoms with van der Waals surface area (Å²) in [7, 11) is 0. The normalized spacial score (nSPS) is 15.5. The predicted octanol–water partition coefficient (Wildman–Crippen LogP) is 4.39. The van der Waals surface area contributed by atoms with Crippen LogP contribution in [0.25, 0.3) is 0 Å². The quantitative estimate of drug-likeness (QED) is 0.635. The highest BCUT2D eigenvalue weighted by atomic mass is 14.1. The molecule has 0 bridgehead atoms. The van der Waals surface area contributed by atoms with Gasteiger partial charge >= 0.3 is 0 Å². The first-order valence-electron chi connectivity index (χ1n) is 5.82. The summed E-state index contributed by atoms with van der Waals surface area (Å²) in [5, 5.41) is 0. The van der Waals surface area contributed by atoms with Crippen LogP contribution in [0.3, 0.4) is 0 Å². The number of hydrogen-bond acceptors (Lipinski definition) is 0. The van der Waals surface area contributed by atoms with Crippen LogP contribution in [-0.2, 0) is 6.42 Å². The van der Waals surface area contributed by atoms with Crippen molar-refractivity contribution in [2.24, 2.45) is 11.8 Å². The summed E-state index contributed by atoms with van der Waals surface area (Å²) in [5.74, 6) is 1.37. The zero-order valence-corrected chi connectivity index (χ0v) is 10.3. The monoisotopic (exact) mass is 202 g/mol. The zero-order chi connectivity index (χ0) is 11.3. The molecule has 82 valence electrons. The van der Waals surface area contributed by atoms with Gasteiger partial charge in [-0.2, -0.15) is 0 Å². The van der Waals surface area contributed by atoms with Crippen molar-refractivity contribution in [2.45, 2.75) is 34.1 Å². The van der Waals surface area contributed by atoms with E-state index >= 15 is 0 Å². The lowest BCUT2D eigenvalue weighted by Crippen LogP contribution is -2.08. The maximum atomic E-state index is 2.33. The van der Waals surface area contributed by atoms with Gasteiger partial charge in [-0.3, -0.25) is 0 Å². The van der Waals surface area contributed by atoms with Crippen LogP contribution >= 0.6 is 0 Å². The van der Waals surface area contributed by atoms with E-state index in [1.165, 1.54) is 17.5 Å². The summed E-state index contributed by atoms with van der Waals surface area (Å²) in [5.41, 5.74) is 2.82. The van der Waals surface area contributed by atoms with E-state index in [1.807, 2.05) is 0 Å². The Kier molecular flexibility index (Phi) is 4.61. The van der Waals surface area contributed by atoms with Gasteiger partial charge in [-0.25, -0.2) is 0 Å². The van der Waals surface area contributed by atoms with Gasteiger partial charge in [0, 0.05) is 0 Å². The van der Waals surface area contributed by atoms with Gasteiger partial charge in [-0.15, -0.1) is 0 Å². The number of rotatable bonds is 4. The molecular formula is C15H22. The van der Waals surface area contributed by atoms with Crippen molar-refractivity contribution >= 4 is 0 Å². The van der Waals surface area contributed by atoms with Crippen LogP contribution in [0, 0.1) is 18.8 Å². The van der Waals surface area contributed by atoms with Gasteiger partial charge in [0.15, 0.2) is 0 Å². The zero-order valence-electron chi connectivity index (χ0n) is 10.3.